The maximum Gasteiger partial charge on any atom is 0.338 e. The van der Waals surface area contributed by atoms with E-state index in [1.54, 1.807) is 42.2 Å². The van der Waals surface area contributed by atoms with Crippen LogP contribution in [-0.4, -0.2) is 44.5 Å². The van der Waals surface area contributed by atoms with E-state index in [-0.39, 0.29) is 30.7 Å². The molecule has 0 aliphatic rings. The van der Waals surface area contributed by atoms with Gasteiger partial charge in [-0.25, -0.2) is 4.79 Å². The molecule has 0 saturated heterocycles. The Balaban J connectivity index is 0.000000671. The van der Waals surface area contributed by atoms with Crippen LogP contribution in [0.1, 0.15) is 54.7 Å². The number of allylic oxidation sites excluding steroid dienone is 1. The van der Waals surface area contributed by atoms with Crippen molar-refractivity contribution in [2.24, 2.45) is 5.92 Å². The number of carbonyl (C=O) groups excluding carboxylic acids is 3. The zero-order valence-corrected chi connectivity index (χ0v) is 26.2. The molecule has 0 saturated carbocycles. The number of nitrogens with one attached hydrogen (secondary N) is 2. The molecule has 0 unspecified atom stereocenters. The van der Waals surface area contributed by atoms with Crippen molar-refractivity contribution in [3.63, 3.8) is 0 Å². The van der Waals surface area contributed by atoms with Crippen molar-refractivity contribution in [3.8, 4) is 0 Å². The molecule has 0 bridgehead atoms. The highest BCUT2D eigenvalue weighted by atomic mass is 16.5. The molecule has 0 radical (unpaired) electrons. The third-order valence-electron chi connectivity index (χ3n) is 6.01. The molecule has 3 rings (SSSR count). The minimum atomic E-state index is -0.397. The van der Waals surface area contributed by atoms with Gasteiger partial charge in [0.1, 0.15) is 0 Å². The average Bonchev–Trinajstić information content (AvgIpc) is 2.97. The standard InChI is InChI=1S/C24H31N3O4.C8H10.C3H6/c1-5-31-24(30)19-8-12-21(13-9-19)27(16-17(2)3)23(29)15-26-22(28)14-18-6-10-20(25-4)11-7-18;1-7-5-3-4-6-8(7)2;1-3-2/h6-13,17,25H,5,14-16H2,1-4H3,(H,26,28);3-6H,1-2H3;3H,1H2,2H3. The van der Waals surface area contributed by atoms with E-state index in [0.29, 0.717) is 24.4 Å². The summed E-state index contributed by atoms with van der Waals surface area (Å²) in [5.41, 5.74) is 5.68. The first-order valence-electron chi connectivity index (χ1n) is 14.3. The van der Waals surface area contributed by atoms with Crippen LogP contribution in [0.5, 0.6) is 0 Å². The van der Waals surface area contributed by atoms with Crippen LogP contribution < -0.4 is 15.5 Å². The number of hydrogen-bond acceptors (Lipinski definition) is 5. The summed E-state index contributed by atoms with van der Waals surface area (Å²) < 4.78 is 5.00. The van der Waals surface area contributed by atoms with Crippen molar-refractivity contribution in [2.75, 3.05) is 37.0 Å². The predicted molar refractivity (Wildman–Crippen MR) is 174 cm³/mol. The molecular formula is C35H47N3O4. The fraction of sp³-hybridized carbons (Fsp3) is 0.343. The highest BCUT2D eigenvalue weighted by Gasteiger charge is 2.19. The Labute approximate surface area is 252 Å². The lowest BCUT2D eigenvalue weighted by atomic mass is 10.1. The minimum Gasteiger partial charge on any atom is -0.462 e. The summed E-state index contributed by atoms with van der Waals surface area (Å²) in [5, 5.41) is 5.74. The molecule has 0 fully saturated rings. The van der Waals surface area contributed by atoms with Crippen molar-refractivity contribution in [2.45, 2.75) is 48.0 Å². The van der Waals surface area contributed by atoms with Gasteiger partial charge >= 0.3 is 5.97 Å². The normalized spacial score (nSPS) is 9.81. The maximum atomic E-state index is 12.9. The van der Waals surface area contributed by atoms with Crippen LogP contribution in [0.3, 0.4) is 0 Å². The number of aryl methyl sites for hydroxylation is 2. The van der Waals surface area contributed by atoms with Gasteiger partial charge < -0.3 is 20.3 Å². The van der Waals surface area contributed by atoms with Crippen LogP contribution in [0.25, 0.3) is 0 Å². The van der Waals surface area contributed by atoms with Gasteiger partial charge in [-0.2, -0.15) is 0 Å². The largest absolute Gasteiger partial charge is 0.462 e. The lowest BCUT2D eigenvalue weighted by Crippen LogP contribution is -2.42. The zero-order chi connectivity index (χ0) is 31.5. The number of carbonyl (C=O) groups is 3. The van der Waals surface area contributed by atoms with Crippen LogP contribution in [0.2, 0.25) is 0 Å². The molecule has 0 aliphatic carbocycles. The number of anilines is 2. The van der Waals surface area contributed by atoms with Gasteiger partial charge in [0.05, 0.1) is 25.1 Å². The Morgan fingerprint density at radius 3 is 1.93 bits per heavy atom. The molecule has 0 heterocycles. The average molecular weight is 574 g/mol. The fourth-order valence-electron chi connectivity index (χ4n) is 3.68. The van der Waals surface area contributed by atoms with E-state index >= 15 is 0 Å². The molecular weight excluding hydrogens is 526 g/mol. The van der Waals surface area contributed by atoms with E-state index in [4.69, 9.17) is 4.74 Å². The Morgan fingerprint density at radius 2 is 1.48 bits per heavy atom. The second-order valence-corrected chi connectivity index (χ2v) is 10.1. The topological polar surface area (TPSA) is 87.7 Å². The number of esters is 1. The first-order valence-corrected chi connectivity index (χ1v) is 14.3. The summed E-state index contributed by atoms with van der Waals surface area (Å²) in [5.74, 6) is -0.593. The third kappa shape index (κ3) is 13.3. The minimum absolute atomic E-state index is 0.0974. The van der Waals surface area contributed by atoms with Gasteiger partial charge in [0.25, 0.3) is 0 Å². The van der Waals surface area contributed by atoms with Gasteiger partial charge in [-0.1, -0.05) is 56.3 Å². The van der Waals surface area contributed by atoms with Crippen molar-refractivity contribution in [1.29, 1.82) is 0 Å². The number of ether oxygens (including phenoxy) is 1. The second-order valence-electron chi connectivity index (χ2n) is 10.1. The van der Waals surface area contributed by atoms with E-state index < -0.39 is 5.97 Å². The summed E-state index contributed by atoms with van der Waals surface area (Å²) in [6, 6.07) is 22.6. The Bertz CT molecular complexity index is 1230. The molecule has 0 aliphatic heterocycles. The summed E-state index contributed by atoms with van der Waals surface area (Å²) in [4.78, 5) is 38.6. The monoisotopic (exact) mass is 573 g/mol. The smallest absolute Gasteiger partial charge is 0.338 e. The highest BCUT2D eigenvalue weighted by Crippen LogP contribution is 2.18. The SMILES string of the molecule is C=CC.CCOC(=O)c1ccc(N(CC(C)C)C(=O)CNC(=O)Cc2ccc(NC)cc2)cc1.Cc1ccccc1C. The Kier molecular flexibility index (Phi) is 16.7. The van der Waals surface area contributed by atoms with Crippen LogP contribution in [0.15, 0.2) is 85.5 Å². The molecule has 3 aromatic rings. The van der Waals surface area contributed by atoms with Gasteiger partial charge in [0, 0.05) is 25.0 Å². The first-order chi connectivity index (χ1) is 20.1. The maximum absolute atomic E-state index is 12.9. The van der Waals surface area contributed by atoms with E-state index in [1.165, 1.54) is 11.1 Å². The molecule has 226 valence electrons. The number of rotatable bonds is 10. The van der Waals surface area contributed by atoms with Gasteiger partial charge in [-0.05, 0) is 86.7 Å². The highest BCUT2D eigenvalue weighted by molar-refractivity contribution is 5.97. The van der Waals surface area contributed by atoms with Crippen molar-refractivity contribution < 1.29 is 19.1 Å². The lowest BCUT2D eigenvalue weighted by molar-refractivity contribution is -0.124. The van der Waals surface area contributed by atoms with Gasteiger partial charge in [-0.3, -0.25) is 9.59 Å². The third-order valence-corrected chi connectivity index (χ3v) is 6.01. The molecule has 7 heteroatoms. The van der Waals surface area contributed by atoms with Crippen LogP contribution >= 0.6 is 0 Å². The summed E-state index contributed by atoms with van der Waals surface area (Å²) in [6.45, 7) is 16.0. The molecule has 0 aromatic heterocycles. The van der Waals surface area contributed by atoms with Gasteiger partial charge in [0.2, 0.25) is 11.8 Å². The molecule has 42 heavy (non-hydrogen) atoms. The predicted octanol–water partition coefficient (Wildman–Crippen LogP) is 6.75. The summed E-state index contributed by atoms with van der Waals surface area (Å²) >= 11 is 0. The van der Waals surface area contributed by atoms with Crippen LogP contribution in [-0.2, 0) is 20.7 Å². The Morgan fingerprint density at radius 1 is 0.929 bits per heavy atom. The van der Waals surface area contributed by atoms with Gasteiger partial charge in [0.15, 0.2) is 0 Å². The van der Waals surface area contributed by atoms with Crippen molar-refractivity contribution in [1.82, 2.24) is 5.32 Å². The van der Waals surface area contributed by atoms with E-state index in [2.05, 4.69) is 55.3 Å². The number of benzene rings is 3. The molecule has 7 nitrogen and oxygen atoms in total. The molecule has 2 amide bonds. The van der Waals surface area contributed by atoms with Gasteiger partial charge in [-0.15, -0.1) is 6.58 Å². The first kappa shape index (κ1) is 35.6. The Hall–Kier alpha value is -4.39. The van der Waals surface area contributed by atoms with E-state index in [9.17, 15) is 14.4 Å². The molecule has 0 atom stereocenters. The quantitative estimate of drug-likeness (QED) is 0.207. The van der Waals surface area contributed by atoms with Crippen LogP contribution in [0, 0.1) is 19.8 Å². The number of amides is 2. The molecule has 0 spiro atoms. The number of hydrogen-bond donors (Lipinski definition) is 2. The van der Waals surface area contributed by atoms with E-state index in [0.717, 1.165) is 11.3 Å². The van der Waals surface area contributed by atoms with Crippen molar-refractivity contribution >= 4 is 29.2 Å². The van der Waals surface area contributed by atoms with E-state index in [1.807, 2.05) is 52.1 Å². The van der Waals surface area contributed by atoms with Crippen molar-refractivity contribution in [3.05, 3.63) is 108 Å². The summed E-state index contributed by atoms with van der Waals surface area (Å²) in [7, 11) is 1.83. The second kappa shape index (κ2) is 19.6. The summed E-state index contributed by atoms with van der Waals surface area (Å²) in [6.07, 6.45) is 1.95. The number of nitrogens with zero attached hydrogens (tertiary/aromatic N) is 1. The fourth-order valence-corrected chi connectivity index (χ4v) is 3.68. The molecule has 2 N–H and O–H groups in total. The molecule has 3 aromatic carbocycles. The zero-order valence-electron chi connectivity index (χ0n) is 26.2. The lowest BCUT2D eigenvalue weighted by Gasteiger charge is -2.25. The van der Waals surface area contributed by atoms with Crippen LogP contribution in [0.4, 0.5) is 11.4 Å².